The molecule has 0 aliphatic rings. The van der Waals surface area contributed by atoms with Gasteiger partial charge >= 0.3 is 0 Å². The van der Waals surface area contributed by atoms with Crippen LogP contribution < -0.4 is 0 Å². The van der Waals surface area contributed by atoms with Crippen molar-refractivity contribution < 1.29 is 13.5 Å². The first kappa shape index (κ1) is 12.7. The van der Waals surface area contributed by atoms with Crippen LogP contribution in [0.5, 0.6) is 0 Å². The van der Waals surface area contributed by atoms with Gasteiger partial charge in [0.25, 0.3) is 0 Å². The lowest BCUT2D eigenvalue weighted by atomic mass is 10.3. The van der Waals surface area contributed by atoms with E-state index in [0.29, 0.717) is 11.4 Å². The molecule has 6 nitrogen and oxygen atoms in total. The lowest BCUT2D eigenvalue weighted by Gasteiger charge is -2.04. The van der Waals surface area contributed by atoms with Gasteiger partial charge in [-0.15, -0.1) is 5.10 Å². The summed E-state index contributed by atoms with van der Waals surface area (Å²) < 4.78 is 24.2. The van der Waals surface area contributed by atoms with Gasteiger partial charge in [0.05, 0.1) is 22.9 Å². The van der Waals surface area contributed by atoms with Crippen LogP contribution in [0.1, 0.15) is 11.4 Å². The lowest BCUT2D eigenvalue weighted by molar-refractivity contribution is 0.276. The number of aliphatic hydroxyl groups is 1. The van der Waals surface area contributed by atoms with E-state index in [4.69, 9.17) is 5.11 Å². The van der Waals surface area contributed by atoms with Crippen LogP contribution in [0, 0.1) is 6.92 Å². The van der Waals surface area contributed by atoms with Gasteiger partial charge in [0.2, 0.25) is 0 Å². The second kappa shape index (κ2) is 4.51. The smallest absolute Gasteiger partial charge is 0.175 e. The van der Waals surface area contributed by atoms with E-state index < -0.39 is 9.84 Å². The number of benzene rings is 1. The molecule has 0 aliphatic heterocycles. The Morgan fingerprint density at radius 3 is 2.33 bits per heavy atom. The van der Waals surface area contributed by atoms with Crippen molar-refractivity contribution in [2.45, 2.75) is 18.4 Å². The Balaban J connectivity index is 2.43. The van der Waals surface area contributed by atoms with Gasteiger partial charge < -0.3 is 5.11 Å². The Morgan fingerprint density at radius 2 is 1.89 bits per heavy atom. The highest BCUT2D eigenvalue weighted by atomic mass is 32.2. The predicted molar refractivity (Wildman–Crippen MR) is 65.1 cm³/mol. The van der Waals surface area contributed by atoms with E-state index in [1.807, 2.05) is 0 Å². The average Bonchev–Trinajstić information content (AvgIpc) is 2.69. The van der Waals surface area contributed by atoms with Crippen molar-refractivity contribution in [3.05, 3.63) is 35.7 Å². The Kier molecular flexibility index (Phi) is 3.18. The Bertz CT molecular complexity index is 659. The van der Waals surface area contributed by atoms with E-state index in [1.165, 1.54) is 12.1 Å². The fourth-order valence-corrected chi connectivity index (χ4v) is 2.22. The first-order valence-corrected chi connectivity index (χ1v) is 7.15. The highest BCUT2D eigenvalue weighted by Gasteiger charge is 2.11. The van der Waals surface area contributed by atoms with Crippen LogP contribution in [0.4, 0.5) is 0 Å². The third-order valence-electron chi connectivity index (χ3n) is 2.65. The van der Waals surface area contributed by atoms with Crippen LogP contribution in [0.2, 0.25) is 0 Å². The first-order chi connectivity index (χ1) is 8.43. The van der Waals surface area contributed by atoms with Crippen molar-refractivity contribution >= 4 is 9.84 Å². The SMILES string of the molecule is Cc1c(CO)nnn1-c1ccc(S(C)(=O)=O)cc1. The van der Waals surface area contributed by atoms with Gasteiger partial charge in [0, 0.05) is 6.26 Å². The molecule has 0 saturated carbocycles. The van der Waals surface area contributed by atoms with E-state index in [-0.39, 0.29) is 11.5 Å². The standard InChI is InChI=1S/C11H13N3O3S/c1-8-11(7-15)12-13-14(8)9-3-5-10(6-4-9)18(2,16)17/h3-6,15H,7H2,1-2H3. The van der Waals surface area contributed by atoms with E-state index >= 15 is 0 Å². The minimum Gasteiger partial charge on any atom is -0.390 e. The summed E-state index contributed by atoms with van der Waals surface area (Å²) in [4.78, 5) is 0.256. The molecular weight excluding hydrogens is 254 g/mol. The molecule has 0 amide bonds. The molecule has 96 valence electrons. The molecule has 7 heteroatoms. The fraction of sp³-hybridized carbons (Fsp3) is 0.273. The van der Waals surface area contributed by atoms with Gasteiger partial charge in [-0.05, 0) is 31.2 Å². The van der Waals surface area contributed by atoms with Crippen LogP contribution >= 0.6 is 0 Å². The predicted octanol–water partition coefficient (Wildman–Crippen LogP) is 0.472. The molecule has 1 aromatic carbocycles. The van der Waals surface area contributed by atoms with Crippen molar-refractivity contribution in [1.82, 2.24) is 15.0 Å². The molecule has 1 N–H and O–H groups in total. The Hall–Kier alpha value is -1.73. The third kappa shape index (κ3) is 2.27. The summed E-state index contributed by atoms with van der Waals surface area (Å²) in [5.74, 6) is 0. The normalized spacial score (nSPS) is 11.7. The molecule has 0 bridgehead atoms. The molecule has 0 unspecified atom stereocenters. The zero-order valence-electron chi connectivity index (χ0n) is 10.0. The van der Waals surface area contributed by atoms with E-state index in [2.05, 4.69) is 10.3 Å². The minimum atomic E-state index is -3.20. The Labute approximate surface area is 105 Å². The minimum absolute atomic E-state index is 0.173. The second-order valence-electron chi connectivity index (χ2n) is 3.96. The van der Waals surface area contributed by atoms with Gasteiger partial charge in [-0.1, -0.05) is 5.21 Å². The monoisotopic (exact) mass is 267 g/mol. The van der Waals surface area contributed by atoms with Crippen molar-refractivity contribution in [3.8, 4) is 5.69 Å². The van der Waals surface area contributed by atoms with Crippen molar-refractivity contribution in [3.63, 3.8) is 0 Å². The number of aromatic nitrogens is 3. The van der Waals surface area contributed by atoms with Gasteiger partial charge in [-0.2, -0.15) is 0 Å². The largest absolute Gasteiger partial charge is 0.390 e. The molecule has 0 aliphatic carbocycles. The van der Waals surface area contributed by atoms with Gasteiger partial charge in [-0.25, -0.2) is 13.1 Å². The second-order valence-corrected chi connectivity index (χ2v) is 5.97. The molecule has 2 aromatic rings. The molecule has 1 aromatic heterocycles. The number of nitrogens with zero attached hydrogens (tertiary/aromatic N) is 3. The van der Waals surface area contributed by atoms with Crippen LogP contribution in [0.3, 0.4) is 0 Å². The van der Waals surface area contributed by atoms with E-state index in [9.17, 15) is 8.42 Å². The fourth-order valence-electron chi connectivity index (χ4n) is 1.59. The van der Waals surface area contributed by atoms with Crippen molar-refractivity contribution in [1.29, 1.82) is 0 Å². The number of sulfone groups is 1. The summed E-state index contributed by atoms with van der Waals surface area (Å²) in [7, 11) is -3.20. The lowest BCUT2D eigenvalue weighted by Crippen LogP contribution is -2.01. The summed E-state index contributed by atoms with van der Waals surface area (Å²) in [6.45, 7) is 1.61. The van der Waals surface area contributed by atoms with Gasteiger partial charge in [0.15, 0.2) is 9.84 Å². The third-order valence-corrected chi connectivity index (χ3v) is 3.78. The molecular formula is C11H13N3O3S. The maximum absolute atomic E-state index is 11.3. The summed E-state index contributed by atoms with van der Waals surface area (Å²) in [6, 6.07) is 6.34. The van der Waals surface area contributed by atoms with Crippen LogP contribution in [0.15, 0.2) is 29.2 Å². The highest BCUT2D eigenvalue weighted by molar-refractivity contribution is 7.90. The topological polar surface area (TPSA) is 85.1 Å². The zero-order valence-corrected chi connectivity index (χ0v) is 10.8. The molecule has 18 heavy (non-hydrogen) atoms. The molecule has 1 heterocycles. The van der Waals surface area contributed by atoms with E-state index in [1.54, 1.807) is 23.7 Å². The number of aliphatic hydroxyl groups excluding tert-OH is 1. The summed E-state index contributed by atoms with van der Waals surface area (Å²) in [6.07, 6.45) is 1.16. The maximum atomic E-state index is 11.3. The van der Waals surface area contributed by atoms with E-state index in [0.717, 1.165) is 11.9 Å². The van der Waals surface area contributed by atoms with Crippen LogP contribution in [-0.4, -0.2) is 34.8 Å². The average molecular weight is 267 g/mol. The van der Waals surface area contributed by atoms with Crippen LogP contribution in [0.25, 0.3) is 5.69 Å². The maximum Gasteiger partial charge on any atom is 0.175 e. The van der Waals surface area contributed by atoms with Gasteiger partial charge in [-0.3, -0.25) is 0 Å². The molecule has 0 saturated heterocycles. The molecule has 2 rings (SSSR count). The number of rotatable bonds is 3. The van der Waals surface area contributed by atoms with Crippen LogP contribution in [-0.2, 0) is 16.4 Å². The molecule has 0 radical (unpaired) electrons. The number of hydrogen-bond acceptors (Lipinski definition) is 5. The summed E-state index contributed by atoms with van der Waals surface area (Å²) >= 11 is 0. The number of hydrogen-bond donors (Lipinski definition) is 1. The quantitative estimate of drug-likeness (QED) is 0.873. The van der Waals surface area contributed by atoms with Crippen molar-refractivity contribution in [2.75, 3.05) is 6.26 Å². The Morgan fingerprint density at radius 1 is 1.28 bits per heavy atom. The molecule has 0 spiro atoms. The first-order valence-electron chi connectivity index (χ1n) is 5.26. The molecule has 0 fully saturated rings. The summed E-state index contributed by atoms with van der Waals surface area (Å²) in [5.41, 5.74) is 1.93. The van der Waals surface area contributed by atoms with Crippen molar-refractivity contribution in [2.24, 2.45) is 0 Å². The zero-order chi connectivity index (χ0) is 13.3. The highest BCUT2D eigenvalue weighted by Crippen LogP contribution is 2.15. The summed E-state index contributed by atoms with van der Waals surface area (Å²) in [5, 5.41) is 16.8. The van der Waals surface area contributed by atoms with Gasteiger partial charge in [0.1, 0.15) is 5.69 Å². The molecule has 0 atom stereocenters.